The number of carbonyl (C=O) groups is 1. The summed E-state index contributed by atoms with van der Waals surface area (Å²) in [7, 11) is 0. The Hall–Kier alpha value is -4.00. The Kier molecular flexibility index (Phi) is 8.10. The monoisotopic (exact) mass is 587 g/mol. The number of ether oxygens (including phenoxy) is 1. The lowest BCUT2D eigenvalue weighted by atomic mass is 9.85. The molecule has 7 heteroatoms. The van der Waals surface area contributed by atoms with Crippen LogP contribution in [0.2, 0.25) is 0 Å². The number of nitriles is 1. The molecule has 0 unspecified atom stereocenters. The Morgan fingerprint density at radius 1 is 0.972 bits per heavy atom. The molecule has 0 bridgehead atoms. The summed E-state index contributed by atoms with van der Waals surface area (Å²) in [5, 5.41) is 24.8. The van der Waals surface area contributed by atoms with Crippen LogP contribution in [0, 0.1) is 14.9 Å². The van der Waals surface area contributed by atoms with Crippen LogP contribution < -0.4 is 10.2 Å². The van der Waals surface area contributed by atoms with E-state index in [1.54, 1.807) is 54.6 Å². The molecule has 178 valence electrons. The largest absolute Gasteiger partial charge is 0.488 e. The maximum absolute atomic E-state index is 13.1. The van der Waals surface area contributed by atoms with Crippen molar-refractivity contribution in [1.29, 1.82) is 5.26 Å². The van der Waals surface area contributed by atoms with E-state index < -0.39 is 11.5 Å². The van der Waals surface area contributed by atoms with E-state index in [0.29, 0.717) is 22.4 Å². The normalized spacial score (nSPS) is 11.1. The minimum atomic E-state index is -1.90. The van der Waals surface area contributed by atoms with Gasteiger partial charge in [0, 0.05) is 5.56 Å². The molecule has 0 radical (unpaired) electrons. The van der Waals surface area contributed by atoms with Crippen molar-refractivity contribution in [2.45, 2.75) is 12.2 Å². The summed E-state index contributed by atoms with van der Waals surface area (Å²) >= 11 is 2.16. The first kappa shape index (κ1) is 25.1. The molecule has 6 nitrogen and oxygen atoms in total. The molecule has 0 saturated carbocycles. The van der Waals surface area contributed by atoms with Gasteiger partial charge in [0.25, 0.3) is 5.91 Å². The van der Waals surface area contributed by atoms with Crippen LogP contribution >= 0.6 is 22.6 Å². The van der Waals surface area contributed by atoms with Crippen LogP contribution in [0.1, 0.15) is 27.8 Å². The molecule has 0 atom stereocenters. The molecular weight excluding hydrogens is 565 g/mol. The molecule has 0 aliphatic heterocycles. The minimum Gasteiger partial charge on any atom is -0.488 e. The number of rotatable bonds is 8. The van der Waals surface area contributed by atoms with Gasteiger partial charge >= 0.3 is 0 Å². The molecule has 4 aromatic rings. The molecule has 4 rings (SSSR count). The van der Waals surface area contributed by atoms with Gasteiger partial charge < -0.3 is 9.84 Å². The van der Waals surface area contributed by atoms with Gasteiger partial charge in [-0.05, 0) is 63.5 Å². The van der Waals surface area contributed by atoms with Gasteiger partial charge in [0.05, 0.1) is 21.4 Å². The topological polar surface area (TPSA) is 94.7 Å². The summed E-state index contributed by atoms with van der Waals surface area (Å²) in [6.07, 6.45) is 1.51. The molecule has 0 aromatic heterocycles. The van der Waals surface area contributed by atoms with Crippen LogP contribution in [0.15, 0.2) is 108 Å². The van der Waals surface area contributed by atoms with Crippen LogP contribution in [0.3, 0.4) is 0 Å². The number of halogens is 1. The SMILES string of the molecule is N#Cc1ccccc1COc1ccc(/C=N\NC(=O)C(O)(c2ccccc2)c2ccccc2)cc1I. The number of amides is 1. The number of hydrogen-bond acceptors (Lipinski definition) is 5. The Morgan fingerprint density at radius 3 is 2.19 bits per heavy atom. The first-order valence-corrected chi connectivity index (χ1v) is 12.2. The molecular formula is C29H22IN3O3. The lowest BCUT2D eigenvalue weighted by Crippen LogP contribution is -2.43. The standard InChI is InChI=1S/C29H22IN3O3/c30-26-17-21(15-16-27(26)36-20-23-10-8-7-9-22(23)18-31)19-32-33-28(34)29(35,24-11-3-1-4-12-24)25-13-5-2-6-14-25/h1-17,19,35H,20H2,(H,33,34)/b32-19-. The molecule has 0 spiro atoms. The maximum Gasteiger partial charge on any atom is 0.281 e. The number of nitrogens with zero attached hydrogens (tertiary/aromatic N) is 2. The second kappa shape index (κ2) is 11.6. The Balaban J connectivity index is 1.46. The smallest absolute Gasteiger partial charge is 0.281 e. The fourth-order valence-corrected chi connectivity index (χ4v) is 4.35. The van der Waals surface area contributed by atoms with E-state index in [1.165, 1.54) is 6.21 Å². The van der Waals surface area contributed by atoms with Crippen LogP contribution in [0.25, 0.3) is 0 Å². The molecule has 36 heavy (non-hydrogen) atoms. The van der Waals surface area contributed by atoms with E-state index in [4.69, 9.17) is 4.74 Å². The molecule has 0 aliphatic carbocycles. The highest BCUT2D eigenvalue weighted by molar-refractivity contribution is 14.1. The van der Waals surface area contributed by atoms with Crippen molar-refractivity contribution >= 4 is 34.7 Å². The number of nitrogens with one attached hydrogen (secondary N) is 1. The highest BCUT2D eigenvalue weighted by atomic mass is 127. The van der Waals surface area contributed by atoms with E-state index in [9.17, 15) is 15.2 Å². The predicted octanol–water partition coefficient (Wildman–Crippen LogP) is 5.13. The number of benzene rings is 4. The Labute approximate surface area is 223 Å². The van der Waals surface area contributed by atoms with Crippen molar-refractivity contribution in [3.05, 3.63) is 135 Å². The van der Waals surface area contributed by atoms with Crippen molar-refractivity contribution < 1.29 is 14.6 Å². The van der Waals surface area contributed by atoms with Gasteiger partial charge in [-0.15, -0.1) is 0 Å². The number of carbonyl (C=O) groups excluding carboxylic acids is 1. The lowest BCUT2D eigenvalue weighted by Gasteiger charge is -2.27. The summed E-state index contributed by atoms with van der Waals surface area (Å²) < 4.78 is 6.75. The van der Waals surface area contributed by atoms with E-state index in [-0.39, 0.29) is 6.61 Å². The van der Waals surface area contributed by atoms with E-state index in [2.05, 4.69) is 39.2 Å². The van der Waals surface area contributed by atoms with Gasteiger partial charge in [-0.1, -0.05) is 78.9 Å². The summed E-state index contributed by atoms with van der Waals surface area (Å²) in [4.78, 5) is 13.1. The second-order valence-electron chi connectivity index (χ2n) is 7.89. The van der Waals surface area contributed by atoms with E-state index in [0.717, 1.165) is 14.7 Å². The van der Waals surface area contributed by atoms with Crippen LogP contribution in [-0.4, -0.2) is 17.2 Å². The van der Waals surface area contributed by atoms with Gasteiger partial charge in [-0.2, -0.15) is 10.4 Å². The van der Waals surface area contributed by atoms with Crippen LogP contribution in [-0.2, 0) is 17.0 Å². The average molecular weight is 587 g/mol. The van der Waals surface area contributed by atoms with E-state index in [1.807, 2.05) is 48.5 Å². The first-order chi connectivity index (χ1) is 17.5. The molecule has 4 aromatic carbocycles. The number of hydrazone groups is 1. The quantitative estimate of drug-likeness (QED) is 0.170. The van der Waals surface area contributed by atoms with Crippen LogP contribution in [0.4, 0.5) is 0 Å². The highest BCUT2D eigenvalue weighted by Gasteiger charge is 2.39. The predicted molar refractivity (Wildman–Crippen MR) is 146 cm³/mol. The highest BCUT2D eigenvalue weighted by Crippen LogP contribution is 2.30. The van der Waals surface area contributed by atoms with Gasteiger partial charge in [0.15, 0.2) is 5.60 Å². The zero-order valence-electron chi connectivity index (χ0n) is 19.1. The van der Waals surface area contributed by atoms with Gasteiger partial charge in [0.1, 0.15) is 12.4 Å². The molecule has 1 amide bonds. The fraction of sp³-hybridized carbons (Fsp3) is 0.0690. The second-order valence-corrected chi connectivity index (χ2v) is 9.05. The van der Waals surface area contributed by atoms with Crippen molar-refractivity contribution in [3.8, 4) is 11.8 Å². The van der Waals surface area contributed by atoms with Crippen molar-refractivity contribution in [1.82, 2.24) is 5.43 Å². The van der Waals surface area contributed by atoms with E-state index >= 15 is 0 Å². The number of aliphatic hydroxyl groups is 1. The molecule has 0 aliphatic rings. The third kappa shape index (κ3) is 5.62. The van der Waals surface area contributed by atoms with Crippen molar-refractivity contribution in [3.63, 3.8) is 0 Å². The average Bonchev–Trinajstić information content (AvgIpc) is 2.93. The lowest BCUT2D eigenvalue weighted by molar-refractivity contribution is -0.136. The van der Waals surface area contributed by atoms with Crippen molar-refractivity contribution in [2.75, 3.05) is 0 Å². The molecule has 2 N–H and O–H groups in total. The zero-order valence-corrected chi connectivity index (χ0v) is 21.3. The van der Waals surface area contributed by atoms with Gasteiger partial charge in [-0.25, -0.2) is 5.43 Å². The Bertz CT molecular complexity index is 1380. The van der Waals surface area contributed by atoms with Gasteiger partial charge in [0.2, 0.25) is 0 Å². The molecule has 0 heterocycles. The Morgan fingerprint density at radius 2 is 1.58 bits per heavy atom. The zero-order chi connectivity index (χ0) is 25.4. The molecule has 0 saturated heterocycles. The maximum atomic E-state index is 13.1. The number of hydrogen-bond donors (Lipinski definition) is 2. The summed E-state index contributed by atoms with van der Waals surface area (Å²) in [5.74, 6) is 0.00835. The minimum absolute atomic E-state index is 0.279. The fourth-order valence-electron chi connectivity index (χ4n) is 3.66. The summed E-state index contributed by atoms with van der Waals surface area (Å²) in [6.45, 7) is 0.279. The van der Waals surface area contributed by atoms with Crippen molar-refractivity contribution in [2.24, 2.45) is 5.10 Å². The third-order valence-corrected chi connectivity index (χ3v) is 6.41. The van der Waals surface area contributed by atoms with Crippen LogP contribution in [0.5, 0.6) is 5.75 Å². The van der Waals surface area contributed by atoms with Gasteiger partial charge in [-0.3, -0.25) is 4.79 Å². The summed E-state index contributed by atoms with van der Waals surface area (Å²) in [5.41, 5.74) is 3.60. The summed E-state index contributed by atoms with van der Waals surface area (Å²) in [6, 6.07) is 32.5. The first-order valence-electron chi connectivity index (χ1n) is 11.1. The molecule has 0 fully saturated rings. The third-order valence-electron chi connectivity index (χ3n) is 5.57.